The minimum Gasteiger partial charge on any atom is -0.306 e. The third kappa shape index (κ3) is 4.03. The van der Waals surface area contributed by atoms with Crippen LogP contribution in [0, 0.1) is 0 Å². The number of hydrogen-bond donors (Lipinski definition) is 1. The summed E-state index contributed by atoms with van der Waals surface area (Å²) in [5, 5.41) is 3.67. The Morgan fingerprint density at radius 3 is 1.95 bits per heavy atom. The molecule has 0 aliphatic carbocycles. The maximum absolute atomic E-state index is 4.13. The SMILES string of the molecule is c1ccc(CNC(Cc2ccccc2)c2ccncc2)cc1. The molecule has 3 rings (SSSR count). The maximum atomic E-state index is 4.13. The summed E-state index contributed by atoms with van der Waals surface area (Å²) in [5.41, 5.74) is 3.91. The number of benzene rings is 2. The van der Waals surface area contributed by atoms with E-state index in [9.17, 15) is 0 Å². The van der Waals surface area contributed by atoms with Crippen LogP contribution >= 0.6 is 0 Å². The van der Waals surface area contributed by atoms with Crippen LogP contribution in [0.25, 0.3) is 0 Å². The van der Waals surface area contributed by atoms with Crippen molar-refractivity contribution in [3.05, 3.63) is 102 Å². The van der Waals surface area contributed by atoms with Crippen LogP contribution in [0.1, 0.15) is 22.7 Å². The molecule has 1 atom stereocenters. The summed E-state index contributed by atoms with van der Waals surface area (Å²) in [6.45, 7) is 0.862. The Kier molecular flexibility index (Phi) is 4.96. The highest BCUT2D eigenvalue weighted by Crippen LogP contribution is 2.18. The van der Waals surface area contributed by atoms with E-state index in [0.29, 0.717) is 0 Å². The summed E-state index contributed by atoms with van der Waals surface area (Å²) in [4.78, 5) is 4.13. The van der Waals surface area contributed by atoms with Gasteiger partial charge in [0.05, 0.1) is 0 Å². The highest BCUT2D eigenvalue weighted by atomic mass is 14.9. The molecule has 2 nitrogen and oxygen atoms in total. The minimum absolute atomic E-state index is 0.283. The van der Waals surface area contributed by atoms with Gasteiger partial charge in [-0.3, -0.25) is 4.98 Å². The summed E-state index contributed by atoms with van der Waals surface area (Å²) in [5.74, 6) is 0. The molecule has 0 spiro atoms. The molecular formula is C20H20N2. The number of nitrogens with one attached hydrogen (secondary N) is 1. The minimum atomic E-state index is 0.283. The van der Waals surface area contributed by atoms with Crippen LogP contribution in [0.2, 0.25) is 0 Å². The van der Waals surface area contributed by atoms with Gasteiger partial charge in [0.2, 0.25) is 0 Å². The van der Waals surface area contributed by atoms with E-state index in [4.69, 9.17) is 0 Å². The number of pyridine rings is 1. The molecule has 1 unspecified atom stereocenters. The normalized spacial score (nSPS) is 12.0. The summed E-state index contributed by atoms with van der Waals surface area (Å²) in [6, 6.07) is 25.6. The van der Waals surface area contributed by atoms with E-state index in [0.717, 1.165) is 13.0 Å². The molecule has 0 saturated carbocycles. The van der Waals surface area contributed by atoms with Crippen LogP contribution < -0.4 is 5.32 Å². The molecule has 2 heteroatoms. The lowest BCUT2D eigenvalue weighted by Gasteiger charge is -2.19. The fraction of sp³-hybridized carbons (Fsp3) is 0.150. The second-order valence-electron chi connectivity index (χ2n) is 5.39. The summed E-state index contributed by atoms with van der Waals surface area (Å²) < 4.78 is 0. The molecule has 3 aromatic rings. The number of hydrogen-bond acceptors (Lipinski definition) is 2. The average Bonchev–Trinajstić information content (AvgIpc) is 2.61. The van der Waals surface area contributed by atoms with Gasteiger partial charge < -0.3 is 5.32 Å². The van der Waals surface area contributed by atoms with Gasteiger partial charge >= 0.3 is 0 Å². The first kappa shape index (κ1) is 14.5. The van der Waals surface area contributed by atoms with E-state index >= 15 is 0 Å². The summed E-state index contributed by atoms with van der Waals surface area (Å²) in [7, 11) is 0. The van der Waals surface area contributed by atoms with Crippen molar-refractivity contribution in [1.82, 2.24) is 10.3 Å². The molecule has 1 N–H and O–H groups in total. The van der Waals surface area contributed by atoms with Crippen molar-refractivity contribution in [3.8, 4) is 0 Å². The van der Waals surface area contributed by atoms with Gasteiger partial charge in [0, 0.05) is 25.0 Å². The van der Waals surface area contributed by atoms with Crippen LogP contribution in [0.5, 0.6) is 0 Å². The molecule has 0 saturated heterocycles. The molecule has 22 heavy (non-hydrogen) atoms. The number of rotatable bonds is 6. The van der Waals surface area contributed by atoms with Gasteiger partial charge in [-0.05, 0) is 35.2 Å². The zero-order valence-corrected chi connectivity index (χ0v) is 12.5. The molecule has 1 heterocycles. The predicted molar refractivity (Wildman–Crippen MR) is 90.4 cm³/mol. The second-order valence-corrected chi connectivity index (χ2v) is 5.39. The predicted octanol–water partition coefficient (Wildman–Crippen LogP) is 4.16. The van der Waals surface area contributed by atoms with Crippen LogP contribution in [0.15, 0.2) is 85.2 Å². The first-order valence-corrected chi connectivity index (χ1v) is 7.63. The molecule has 0 amide bonds. The molecule has 1 aromatic heterocycles. The van der Waals surface area contributed by atoms with Crippen molar-refractivity contribution in [2.45, 2.75) is 19.0 Å². The zero-order chi connectivity index (χ0) is 15.0. The number of nitrogens with zero attached hydrogens (tertiary/aromatic N) is 1. The van der Waals surface area contributed by atoms with Gasteiger partial charge in [-0.25, -0.2) is 0 Å². The van der Waals surface area contributed by atoms with Crippen molar-refractivity contribution >= 4 is 0 Å². The fourth-order valence-corrected chi connectivity index (χ4v) is 2.59. The van der Waals surface area contributed by atoms with E-state index in [2.05, 4.69) is 77.0 Å². The van der Waals surface area contributed by atoms with Crippen LogP contribution in [-0.4, -0.2) is 4.98 Å². The lowest BCUT2D eigenvalue weighted by molar-refractivity contribution is 0.530. The maximum Gasteiger partial charge on any atom is 0.0364 e. The van der Waals surface area contributed by atoms with E-state index in [-0.39, 0.29) is 6.04 Å². The van der Waals surface area contributed by atoms with Crippen molar-refractivity contribution in [2.75, 3.05) is 0 Å². The second kappa shape index (κ2) is 7.53. The van der Waals surface area contributed by atoms with E-state index in [1.165, 1.54) is 16.7 Å². The lowest BCUT2D eigenvalue weighted by atomic mass is 9.99. The van der Waals surface area contributed by atoms with E-state index in [1.807, 2.05) is 18.5 Å². The third-order valence-corrected chi connectivity index (χ3v) is 3.79. The zero-order valence-electron chi connectivity index (χ0n) is 12.5. The molecule has 0 fully saturated rings. The van der Waals surface area contributed by atoms with E-state index in [1.54, 1.807) is 0 Å². The largest absolute Gasteiger partial charge is 0.306 e. The van der Waals surface area contributed by atoms with Gasteiger partial charge in [0.15, 0.2) is 0 Å². The Hall–Kier alpha value is -2.45. The topological polar surface area (TPSA) is 24.9 Å². The fourth-order valence-electron chi connectivity index (χ4n) is 2.59. The summed E-state index contributed by atoms with van der Waals surface area (Å²) in [6.07, 6.45) is 4.69. The van der Waals surface area contributed by atoms with Crippen molar-refractivity contribution < 1.29 is 0 Å². The molecule has 2 aromatic carbocycles. The highest BCUT2D eigenvalue weighted by Gasteiger charge is 2.11. The van der Waals surface area contributed by atoms with Crippen LogP contribution in [-0.2, 0) is 13.0 Å². The van der Waals surface area contributed by atoms with Gasteiger partial charge in [-0.2, -0.15) is 0 Å². The standard InChI is InChI=1S/C20H20N2/c1-3-7-17(8-4-1)15-20(19-11-13-21-14-12-19)22-16-18-9-5-2-6-10-18/h1-14,20,22H,15-16H2. The third-order valence-electron chi connectivity index (χ3n) is 3.79. The Morgan fingerprint density at radius 2 is 1.32 bits per heavy atom. The lowest BCUT2D eigenvalue weighted by Crippen LogP contribution is -2.23. The molecule has 110 valence electrons. The average molecular weight is 288 g/mol. The van der Waals surface area contributed by atoms with Crippen LogP contribution in [0.3, 0.4) is 0 Å². The monoisotopic (exact) mass is 288 g/mol. The summed E-state index contributed by atoms with van der Waals surface area (Å²) >= 11 is 0. The van der Waals surface area contributed by atoms with Gasteiger partial charge in [0.1, 0.15) is 0 Å². The van der Waals surface area contributed by atoms with Gasteiger partial charge in [0.25, 0.3) is 0 Å². The van der Waals surface area contributed by atoms with Crippen molar-refractivity contribution in [1.29, 1.82) is 0 Å². The van der Waals surface area contributed by atoms with Crippen LogP contribution in [0.4, 0.5) is 0 Å². The molecule has 0 aliphatic rings. The Labute approximate surface area is 131 Å². The smallest absolute Gasteiger partial charge is 0.0364 e. The molecule has 0 bridgehead atoms. The molecule has 0 radical (unpaired) electrons. The van der Waals surface area contributed by atoms with Gasteiger partial charge in [-0.15, -0.1) is 0 Å². The Balaban J connectivity index is 1.74. The molecule has 0 aliphatic heterocycles. The van der Waals surface area contributed by atoms with E-state index < -0.39 is 0 Å². The quantitative estimate of drug-likeness (QED) is 0.737. The van der Waals surface area contributed by atoms with Gasteiger partial charge in [-0.1, -0.05) is 60.7 Å². The number of aromatic nitrogens is 1. The van der Waals surface area contributed by atoms with Crippen molar-refractivity contribution in [3.63, 3.8) is 0 Å². The first-order chi connectivity index (χ1) is 10.9. The Morgan fingerprint density at radius 1 is 0.727 bits per heavy atom. The highest BCUT2D eigenvalue weighted by molar-refractivity contribution is 5.23. The first-order valence-electron chi connectivity index (χ1n) is 7.63. The van der Waals surface area contributed by atoms with Crippen molar-refractivity contribution in [2.24, 2.45) is 0 Å². The Bertz CT molecular complexity index is 666. The molecular weight excluding hydrogens is 268 g/mol.